The predicted octanol–water partition coefficient (Wildman–Crippen LogP) is 2.66. The highest BCUT2D eigenvalue weighted by molar-refractivity contribution is 5.70. The van der Waals surface area contributed by atoms with Crippen LogP contribution in [-0.2, 0) is 22.5 Å². The lowest BCUT2D eigenvalue weighted by molar-refractivity contribution is -0.142. The fraction of sp³-hybridized carbons (Fsp3) is 0.474. The van der Waals surface area contributed by atoms with Crippen molar-refractivity contribution in [2.75, 3.05) is 27.9 Å². The van der Waals surface area contributed by atoms with Gasteiger partial charge in [0.25, 0.3) is 0 Å². The first-order valence-electron chi connectivity index (χ1n) is 8.53. The molecule has 0 amide bonds. The highest BCUT2D eigenvalue weighted by Crippen LogP contribution is 2.40. The molecular formula is C19H24N2O5. The van der Waals surface area contributed by atoms with Gasteiger partial charge in [0, 0.05) is 25.2 Å². The quantitative estimate of drug-likeness (QED) is 0.733. The number of carbonyl (C=O) groups is 1. The van der Waals surface area contributed by atoms with E-state index in [0.717, 1.165) is 35.5 Å². The Hall–Kier alpha value is -2.54. The Kier molecular flexibility index (Phi) is 5.46. The van der Waals surface area contributed by atoms with Gasteiger partial charge in [0.2, 0.25) is 0 Å². The van der Waals surface area contributed by atoms with E-state index in [0.29, 0.717) is 18.0 Å². The maximum absolute atomic E-state index is 12.0. The van der Waals surface area contributed by atoms with Gasteiger partial charge in [-0.2, -0.15) is 0 Å². The van der Waals surface area contributed by atoms with Crippen LogP contribution in [-0.4, -0.2) is 43.9 Å². The van der Waals surface area contributed by atoms with E-state index in [-0.39, 0.29) is 18.4 Å². The van der Waals surface area contributed by atoms with Crippen LogP contribution >= 0.6 is 0 Å². The molecule has 0 N–H and O–H groups in total. The summed E-state index contributed by atoms with van der Waals surface area (Å²) in [6.07, 6.45) is 1.11. The van der Waals surface area contributed by atoms with E-state index in [1.54, 1.807) is 14.2 Å². The van der Waals surface area contributed by atoms with Crippen molar-refractivity contribution in [2.45, 2.75) is 32.4 Å². The van der Waals surface area contributed by atoms with Gasteiger partial charge in [-0.25, -0.2) is 0 Å². The minimum absolute atomic E-state index is 0.122. The number of nitrogens with zero attached hydrogens (tertiary/aromatic N) is 2. The van der Waals surface area contributed by atoms with Crippen molar-refractivity contribution in [1.82, 2.24) is 10.1 Å². The van der Waals surface area contributed by atoms with Crippen molar-refractivity contribution in [1.29, 1.82) is 0 Å². The Labute approximate surface area is 152 Å². The molecule has 2 aromatic rings. The van der Waals surface area contributed by atoms with E-state index >= 15 is 0 Å². The van der Waals surface area contributed by atoms with Crippen LogP contribution in [0.25, 0.3) is 0 Å². The molecule has 0 aliphatic carbocycles. The molecule has 26 heavy (non-hydrogen) atoms. The molecule has 1 aliphatic rings. The molecule has 0 spiro atoms. The molecule has 0 bridgehead atoms. The topological polar surface area (TPSA) is 74.0 Å². The molecule has 2 heterocycles. The van der Waals surface area contributed by atoms with Crippen LogP contribution < -0.4 is 9.47 Å². The van der Waals surface area contributed by atoms with Crippen molar-refractivity contribution in [3.63, 3.8) is 0 Å². The summed E-state index contributed by atoms with van der Waals surface area (Å²) in [6.45, 7) is 3.27. The average molecular weight is 360 g/mol. The Balaban J connectivity index is 1.96. The van der Waals surface area contributed by atoms with Gasteiger partial charge in [-0.3, -0.25) is 9.69 Å². The Morgan fingerprint density at radius 3 is 2.58 bits per heavy atom. The third kappa shape index (κ3) is 3.67. The molecular weight excluding hydrogens is 336 g/mol. The van der Waals surface area contributed by atoms with Crippen molar-refractivity contribution >= 4 is 5.97 Å². The molecule has 1 aromatic carbocycles. The predicted molar refractivity (Wildman–Crippen MR) is 94.3 cm³/mol. The highest BCUT2D eigenvalue weighted by Gasteiger charge is 2.31. The summed E-state index contributed by atoms with van der Waals surface area (Å²) >= 11 is 0. The molecule has 7 heteroatoms. The van der Waals surface area contributed by atoms with Crippen LogP contribution in [0.4, 0.5) is 0 Å². The summed E-state index contributed by atoms with van der Waals surface area (Å²) in [6, 6.07) is 5.75. The average Bonchev–Trinajstić information content (AvgIpc) is 3.06. The molecule has 0 saturated heterocycles. The van der Waals surface area contributed by atoms with Gasteiger partial charge in [0.05, 0.1) is 33.4 Å². The summed E-state index contributed by atoms with van der Waals surface area (Å²) in [7, 11) is 4.64. The highest BCUT2D eigenvalue weighted by atomic mass is 16.5. The van der Waals surface area contributed by atoms with Crippen molar-refractivity contribution in [2.24, 2.45) is 0 Å². The summed E-state index contributed by atoms with van der Waals surface area (Å²) in [5.41, 5.74) is 3.06. The minimum atomic E-state index is -0.251. The van der Waals surface area contributed by atoms with Crippen LogP contribution in [0.2, 0.25) is 0 Å². The number of fused-ring (bicyclic) bond motifs is 1. The molecule has 7 nitrogen and oxygen atoms in total. The van der Waals surface area contributed by atoms with Crippen LogP contribution in [0.3, 0.4) is 0 Å². The molecule has 1 aliphatic heterocycles. The number of carbonyl (C=O) groups excluding carboxylic acids is 1. The Morgan fingerprint density at radius 1 is 1.23 bits per heavy atom. The van der Waals surface area contributed by atoms with Crippen molar-refractivity contribution in [3.8, 4) is 11.5 Å². The standard InChI is InChI=1S/C19H24N2O5/c1-12-7-14(20-26-12)11-21-6-5-13-8-17(23-2)18(24-3)9-15(13)16(21)10-19(22)25-4/h7-9,16H,5-6,10-11H2,1-4H3/t16-/m0/s1. The number of esters is 1. The third-order valence-corrected chi connectivity index (χ3v) is 4.74. The molecule has 0 unspecified atom stereocenters. The van der Waals surface area contributed by atoms with Gasteiger partial charge in [-0.1, -0.05) is 5.16 Å². The normalized spacial score (nSPS) is 16.8. The van der Waals surface area contributed by atoms with Gasteiger partial charge in [0.15, 0.2) is 11.5 Å². The summed E-state index contributed by atoms with van der Waals surface area (Å²) in [5, 5.41) is 4.08. The lowest BCUT2D eigenvalue weighted by Gasteiger charge is -2.36. The molecule has 0 radical (unpaired) electrons. The molecule has 1 aromatic heterocycles. The lowest BCUT2D eigenvalue weighted by Crippen LogP contribution is -2.36. The number of hydrogen-bond acceptors (Lipinski definition) is 7. The molecule has 0 saturated carbocycles. The number of benzene rings is 1. The van der Waals surface area contributed by atoms with Crippen LogP contribution in [0.5, 0.6) is 11.5 Å². The number of aryl methyl sites for hydroxylation is 1. The maximum Gasteiger partial charge on any atom is 0.307 e. The van der Waals surface area contributed by atoms with E-state index in [1.807, 2.05) is 25.1 Å². The van der Waals surface area contributed by atoms with Crippen LogP contribution in [0, 0.1) is 6.92 Å². The molecule has 140 valence electrons. The number of hydrogen-bond donors (Lipinski definition) is 0. The summed E-state index contributed by atoms with van der Waals surface area (Å²) in [4.78, 5) is 14.3. The molecule has 1 atom stereocenters. The van der Waals surface area contributed by atoms with E-state index < -0.39 is 0 Å². The van der Waals surface area contributed by atoms with Gasteiger partial charge in [-0.15, -0.1) is 0 Å². The second-order valence-electron chi connectivity index (χ2n) is 6.35. The first-order valence-corrected chi connectivity index (χ1v) is 8.53. The first-order chi connectivity index (χ1) is 12.5. The van der Waals surface area contributed by atoms with Gasteiger partial charge in [-0.05, 0) is 36.6 Å². The zero-order chi connectivity index (χ0) is 18.7. The first kappa shape index (κ1) is 18.3. The van der Waals surface area contributed by atoms with Crippen LogP contribution in [0.1, 0.15) is 35.0 Å². The van der Waals surface area contributed by atoms with Crippen LogP contribution in [0.15, 0.2) is 22.7 Å². The smallest absolute Gasteiger partial charge is 0.307 e. The van der Waals surface area contributed by atoms with E-state index in [1.165, 1.54) is 7.11 Å². The largest absolute Gasteiger partial charge is 0.493 e. The van der Waals surface area contributed by atoms with Crippen molar-refractivity contribution < 1.29 is 23.5 Å². The zero-order valence-electron chi connectivity index (χ0n) is 15.6. The van der Waals surface area contributed by atoms with E-state index in [4.69, 9.17) is 18.7 Å². The lowest BCUT2D eigenvalue weighted by atomic mass is 9.90. The number of rotatable bonds is 6. The Bertz CT molecular complexity index is 786. The maximum atomic E-state index is 12.0. The van der Waals surface area contributed by atoms with Gasteiger partial charge < -0.3 is 18.7 Å². The number of methoxy groups -OCH3 is 3. The second-order valence-corrected chi connectivity index (χ2v) is 6.35. The van der Waals surface area contributed by atoms with Gasteiger partial charge in [0.1, 0.15) is 5.76 Å². The third-order valence-electron chi connectivity index (χ3n) is 4.74. The number of ether oxygens (including phenoxy) is 3. The second kappa shape index (κ2) is 7.78. The van der Waals surface area contributed by atoms with Crippen molar-refractivity contribution in [3.05, 3.63) is 40.8 Å². The molecule has 0 fully saturated rings. The Morgan fingerprint density at radius 2 is 1.96 bits per heavy atom. The molecule has 3 rings (SSSR count). The summed E-state index contributed by atoms with van der Waals surface area (Å²) in [5.74, 6) is 1.87. The van der Waals surface area contributed by atoms with E-state index in [2.05, 4.69) is 10.1 Å². The SMILES string of the molecule is COC(=O)C[C@H]1c2cc(OC)c(OC)cc2CCN1Cc1cc(C)on1. The van der Waals surface area contributed by atoms with E-state index in [9.17, 15) is 4.79 Å². The summed E-state index contributed by atoms with van der Waals surface area (Å²) < 4.78 is 21.0. The number of aromatic nitrogens is 1. The minimum Gasteiger partial charge on any atom is -0.493 e. The zero-order valence-corrected chi connectivity index (χ0v) is 15.6. The fourth-order valence-corrected chi connectivity index (χ4v) is 3.45. The fourth-order valence-electron chi connectivity index (χ4n) is 3.45. The van der Waals surface area contributed by atoms with Gasteiger partial charge >= 0.3 is 5.97 Å². The monoisotopic (exact) mass is 360 g/mol.